The highest BCUT2D eigenvalue weighted by Gasteiger charge is 2.04. The van der Waals surface area contributed by atoms with Crippen molar-refractivity contribution in [2.24, 2.45) is 5.92 Å². The highest BCUT2D eigenvalue weighted by molar-refractivity contribution is 7.98. The zero-order chi connectivity index (χ0) is 14.1. The molecule has 1 aromatic carbocycles. The minimum absolute atomic E-state index is 0.404. The van der Waals surface area contributed by atoms with Gasteiger partial charge >= 0.3 is 0 Å². The van der Waals surface area contributed by atoms with Crippen molar-refractivity contribution in [2.75, 3.05) is 25.2 Å². The molecule has 0 saturated carbocycles. The topological polar surface area (TPSA) is 21.3 Å². The van der Waals surface area contributed by atoms with Gasteiger partial charge in [0.05, 0.1) is 6.61 Å². The second-order valence-electron chi connectivity index (χ2n) is 5.30. The van der Waals surface area contributed by atoms with Crippen LogP contribution < -0.4 is 10.1 Å². The maximum Gasteiger partial charge on any atom is 0.119 e. The van der Waals surface area contributed by atoms with Crippen LogP contribution in [0.4, 0.5) is 0 Å². The molecule has 1 rings (SSSR count). The van der Waals surface area contributed by atoms with Gasteiger partial charge in [0.2, 0.25) is 0 Å². The molecule has 0 spiro atoms. The molecule has 1 aromatic rings. The van der Waals surface area contributed by atoms with E-state index in [0.29, 0.717) is 12.0 Å². The van der Waals surface area contributed by atoms with Gasteiger partial charge in [0.15, 0.2) is 0 Å². The molecule has 0 aliphatic rings. The van der Waals surface area contributed by atoms with E-state index < -0.39 is 0 Å². The number of thioether (sulfide) groups is 1. The van der Waals surface area contributed by atoms with E-state index in [0.717, 1.165) is 18.9 Å². The third kappa shape index (κ3) is 6.88. The fourth-order valence-corrected chi connectivity index (χ4v) is 2.20. The molecular formula is C16H27NOS. The van der Waals surface area contributed by atoms with Gasteiger partial charge in [-0.2, -0.15) is 11.8 Å². The Morgan fingerprint density at radius 2 is 1.84 bits per heavy atom. The molecule has 0 amide bonds. The van der Waals surface area contributed by atoms with Gasteiger partial charge < -0.3 is 10.1 Å². The molecule has 19 heavy (non-hydrogen) atoms. The summed E-state index contributed by atoms with van der Waals surface area (Å²) >= 11 is 1.90. The lowest BCUT2D eigenvalue weighted by Gasteiger charge is -2.15. The molecule has 0 heterocycles. The number of hydrogen-bond acceptors (Lipinski definition) is 3. The predicted molar refractivity (Wildman–Crippen MR) is 86.2 cm³/mol. The van der Waals surface area contributed by atoms with Crippen molar-refractivity contribution in [3.63, 3.8) is 0 Å². The minimum atomic E-state index is 0.404. The van der Waals surface area contributed by atoms with Crippen LogP contribution in [0.1, 0.15) is 38.8 Å². The Balaban J connectivity index is 2.37. The van der Waals surface area contributed by atoms with Gasteiger partial charge in [-0.1, -0.05) is 26.0 Å². The van der Waals surface area contributed by atoms with Crippen molar-refractivity contribution < 1.29 is 4.74 Å². The Bertz CT molecular complexity index is 337. The van der Waals surface area contributed by atoms with Crippen molar-refractivity contribution >= 4 is 11.8 Å². The van der Waals surface area contributed by atoms with Crippen molar-refractivity contribution in [1.82, 2.24) is 5.32 Å². The summed E-state index contributed by atoms with van der Waals surface area (Å²) in [6.45, 7) is 8.39. The molecule has 1 atom stereocenters. The Kier molecular flexibility index (Phi) is 7.99. The minimum Gasteiger partial charge on any atom is -0.493 e. The molecular weight excluding hydrogens is 254 g/mol. The van der Waals surface area contributed by atoms with Crippen LogP contribution in [0.25, 0.3) is 0 Å². The van der Waals surface area contributed by atoms with Crippen LogP contribution in [-0.2, 0) is 0 Å². The Labute approximate surface area is 122 Å². The van der Waals surface area contributed by atoms with Crippen LogP contribution in [0.3, 0.4) is 0 Å². The SMILES string of the molecule is CSCCCNC(C)c1ccc(OCC(C)C)cc1. The first-order valence-corrected chi connectivity index (χ1v) is 8.48. The first-order valence-electron chi connectivity index (χ1n) is 7.08. The van der Waals surface area contributed by atoms with Crippen molar-refractivity contribution in [3.8, 4) is 5.75 Å². The number of ether oxygens (including phenoxy) is 1. The van der Waals surface area contributed by atoms with Crippen molar-refractivity contribution in [2.45, 2.75) is 33.2 Å². The molecule has 0 radical (unpaired) electrons. The average molecular weight is 281 g/mol. The smallest absolute Gasteiger partial charge is 0.119 e. The fraction of sp³-hybridized carbons (Fsp3) is 0.625. The second kappa shape index (κ2) is 9.27. The van der Waals surface area contributed by atoms with Gasteiger partial charge in [-0.15, -0.1) is 0 Å². The number of hydrogen-bond donors (Lipinski definition) is 1. The summed E-state index contributed by atoms with van der Waals surface area (Å²) in [6, 6.07) is 8.85. The normalized spacial score (nSPS) is 12.7. The van der Waals surface area contributed by atoms with Crippen LogP contribution >= 0.6 is 11.8 Å². The molecule has 0 fully saturated rings. The molecule has 108 valence electrons. The van der Waals surface area contributed by atoms with Gasteiger partial charge in [0.25, 0.3) is 0 Å². The summed E-state index contributed by atoms with van der Waals surface area (Å²) in [4.78, 5) is 0. The maximum atomic E-state index is 5.69. The van der Waals surface area contributed by atoms with Crippen molar-refractivity contribution in [1.29, 1.82) is 0 Å². The van der Waals surface area contributed by atoms with Crippen LogP contribution in [0.15, 0.2) is 24.3 Å². The van der Waals surface area contributed by atoms with E-state index in [2.05, 4.69) is 56.6 Å². The third-order valence-corrected chi connectivity index (χ3v) is 3.64. The van der Waals surface area contributed by atoms with E-state index in [1.165, 1.54) is 17.7 Å². The van der Waals surface area contributed by atoms with Gasteiger partial charge in [-0.05, 0) is 55.5 Å². The molecule has 0 bridgehead atoms. The number of nitrogens with one attached hydrogen (secondary N) is 1. The first kappa shape index (κ1) is 16.4. The lowest BCUT2D eigenvalue weighted by atomic mass is 10.1. The van der Waals surface area contributed by atoms with Gasteiger partial charge in [-0.3, -0.25) is 0 Å². The molecule has 0 aliphatic heterocycles. The molecule has 0 saturated heterocycles. The summed E-state index contributed by atoms with van der Waals surface area (Å²) in [5, 5.41) is 3.55. The highest BCUT2D eigenvalue weighted by atomic mass is 32.2. The zero-order valence-corrected chi connectivity index (χ0v) is 13.4. The number of rotatable bonds is 9. The number of benzene rings is 1. The van der Waals surface area contributed by atoms with E-state index in [9.17, 15) is 0 Å². The molecule has 3 heteroatoms. The van der Waals surface area contributed by atoms with E-state index >= 15 is 0 Å². The zero-order valence-electron chi connectivity index (χ0n) is 12.6. The quantitative estimate of drug-likeness (QED) is 0.688. The van der Waals surface area contributed by atoms with Crippen LogP contribution in [0.2, 0.25) is 0 Å². The maximum absolute atomic E-state index is 5.69. The summed E-state index contributed by atoms with van der Waals surface area (Å²) in [5.41, 5.74) is 1.32. The standard InChI is InChI=1S/C16H27NOS/c1-13(2)12-18-16-8-6-15(7-9-16)14(3)17-10-5-11-19-4/h6-9,13-14,17H,5,10-12H2,1-4H3. The van der Waals surface area contributed by atoms with E-state index in [1.807, 2.05) is 11.8 Å². The monoisotopic (exact) mass is 281 g/mol. The molecule has 0 aliphatic carbocycles. The molecule has 2 nitrogen and oxygen atoms in total. The summed E-state index contributed by atoms with van der Waals surface area (Å²) < 4.78 is 5.69. The Morgan fingerprint density at radius 1 is 1.16 bits per heavy atom. The predicted octanol–water partition coefficient (Wildman–Crippen LogP) is 4.13. The van der Waals surface area contributed by atoms with E-state index in [-0.39, 0.29) is 0 Å². The summed E-state index contributed by atoms with van der Waals surface area (Å²) in [7, 11) is 0. The summed E-state index contributed by atoms with van der Waals surface area (Å²) in [6.07, 6.45) is 3.38. The van der Waals surface area contributed by atoms with Crippen LogP contribution in [0, 0.1) is 5.92 Å². The Morgan fingerprint density at radius 3 is 2.42 bits per heavy atom. The van der Waals surface area contributed by atoms with Gasteiger partial charge in [-0.25, -0.2) is 0 Å². The molecule has 1 unspecified atom stereocenters. The van der Waals surface area contributed by atoms with Gasteiger partial charge in [0, 0.05) is 6.04 Å². The largest absolute Gasteiger partial charge is 0.493 e. The lowest BCUT2D eigenvalue weighted by Crippen LogP contribution is -2.20. The van der Waals surface area contributed by atoms with Crippen molar-refractivity contribution in [3.05, 3.63) is 29.8 Å². The second-order valence-corrected chi connectivity index (χ2v) is 6.28. The van der Waals surface area contributed by atoms with Crippen LogP contribution in [-0.4, -0.2) is 25.2 Å². The van der Waals surface area contributed by atoms with E-state index in [4.69, 9.17) is 4.74 Å². The third-order valence-electron chi connectivity index (χ3n) is 2.94. The molecule has 0 aromatic heterocycles. The van der Waals surface area contributed by atoms with E-state index in [1.54, 1.807) is 0 Å². The fourth-order valence-electron chi connectivity index (χ4n) is 1.77. The average Bonchev–Trinajstić information content (AvgIpc) is 2.41. The Hall–Kier alpha value is -0.670. The first-order chi connectivity index (χ1) is 9.13. The summed E-state index contributed by atoms with van der Waals surface area (Å²) in [5.74, 6) is 2.76. The molecule has 1 N–H and O–H groups in total. The lowest BCUT2D eigenvalue weighted by molar-refractivity contribution is 0.271. The highest BCUT2D eigenvalue weighted by Crippen LogP contribution is 2.18. The van der Waals surface area contributed by atoms with Gasteiger partial charge in [0.1, 0.15) is 5.75 Å². The van der Waals surface area contributed by atoms with Crippen LogP contribution in [0.5, 0.6) is 5.75 Å².